The number of rotatable bonds is 4. The molecule has 3 aromatic rings. The topological polar surface area (TPSA) is 101 Å². The van der Waals surface area contributed by atoms with Crippen molar-refractivity contribution in [2.75, 3.05) is 12.4 Å². The molecule has 7 nitrogen and oxygen atoms in total. The smallest absolute Gasteiger partial charge is 0.299 e. The van der Waals surface area contributed by atoms with Crippen molar-refractivity contribution in [1.82, 2.24) is 4.98 Å². The van der Waals surface area contributed by atoms with E-state index in [1.807, 2.05) is 6.07 Å². The molecule has 0 bridgehead atoms. The number of benzene rings is 2. The van der Waals surface area contributed by atoms with E-state index in [9.17, 15) is 19.8 Å². The maximum absolute atomic E-state index is 14.1. The Bertz CT molecular complexity index is 1080. The lowest BCUT2D eigenvalue weighted by atomic mass is 10.1. The molecular weight excluding hydrogens is 363 g/mol. The van der Waals surface area contributed by atoms with Crippen LogP contribution in [-0.2, 0) is 0 Å². The van der Waals surface area contributed by atoms with Crippen LogP contribution in [0.25, 0.3) is 10.9 Å². The van der Waals surface area contributed by atoms with Gasteiger partial charge in [-0.3, -0.25) is 10.1 Å². The number of anilines is 2. The van der Waals surface area contributed by atoms with Gasteiger partial charge in [-0.05, 0) is 24.3 Å². The molecule has 1 N–H and O–H groups in total. The number of halogens is 2. The Hall–Kier alpha value is -3.44. The van der Waals surface area contributed by atoms with Crippen LogP contribution < -0.4 is 10.1 Å². The fraction of sp³-hybridized carbons (Fsp3) is 0.0588. The number of aromatic nitrogens is 1. The van der Waals surface area contributed by atoms with Crippen molar-refractivity contribution in [2.45, 2.75) is 0 Å². The maximum Gasteiger partial charge on any atom is 0.299 e. The summed E-state index contributed by atoms with van der Waals surface area (Å²) in [5.74, 6) is -0.426. The van der Waals surface area contributed by atoms with Gasteiger partial charge in [0.15, 0.2) is 5.52 Å². The summed E-state index contributed by atoms with van der Waals surface area (Å²) in [7, 11) is 1.36. The first-order chi connectivity index (χ1) is 12.4. The highest BCUT2D eigenvalue weighted by Crippen LogP contribution is 2.37. The number of nitriles is 1. The Morgan fingerprint density at radius 2 is 2.15 bits per heavy atom. The van der Waals surface area contributed by atoms with Gasteiger partial charge in [-0.1, -0.05) is 11.6 Å². The lowest BCUT2D eigenvalue weighted by Crippen LogP contribution is -2.01. The molecule has 1 heterocycles. The first-order valence-corrected chi connectivity index (χ1v) is 7.59. The van der Waals surface area contributed by atoms with Crippen molar-refractivity contribution >= 4 is 39.6 Å². The zero-order valence-corrected chi connectivity index (χ0v) is 14.0. The predicted octanol–water partition coefficient (Wildman–Crippen LogP) is 4.56. The van der Waals surface area contributed by atoms with Crippen LogP contribution in [-0.4, -0.2) is 17.0 Å². The fourth-order valence-electron chi connectivity index (χ4n) is 2.46. The van der Waals surface area contributed by atoms with Gasteiger partial charge in [0.2, 0.25) is 0 Å². The van der Waals surface area contributed by atoms with Crippen LogP contribution >= 0.6 is 11.6 Å². The highest BCUT2D eigenvalue weighted by Gasteiger charge is 2.20. The largest absolute Gasteiger partial charge is 0.496 e. The third-order valence-electron chi connectivity index (χ3n) is 3.67. The lowest BCUT2D eigenvalue weighted by Gasteiger charge is -2.13. The second kappa shape index (κ2) is 6.82. The van der Waals surface area contributed by atoms with E-state index < -0.39 is 10.7 Å². The van der Waals surface area contributed by atoms with Gasteiger partial charge in [0, 0.05) is 16.6 Å². The van der Waals surface area contributed by atoms with E-state index in [0.717, 1.165) is 6.07 Å². The number of nitrogens with zero attached hydrogens (tertiary/aromatic N) is 3. The van der Waals surface area contributed by atoms with Crippen LogP contribution in [0.4, 0.5) is 21.5 Å². The van der Waals surface area contributed by atoms with Gasteiger partial charge in [-0.15, -0.1) is 0 Å². The number of nitro groups is 1. The molecule has 0 atom stereocenters. The minimum atomic E-state index is -0.635. The van der Waals surface area contributed by atoms with E-state index in [-0.39, 0.29) is 44.3 Å². The molecule has 0 amide bonds. The number of nitrogens with one attached hydrogen (secondary N) is 1. The second-order valence-electron chi connectivity index (χ2n) is 5.21. The number of hydrogen-bond donors (Lipinski definition) is 1. The minimum Gasteiger partial charge on any atom is -0.496 e. The molecule has 3 rings (SSSR count). The Morgan fingerprint density at radius 1 is 1.38 bits per heavy atom. The predicted molar refractivity (Wildman–Crippen MR) is 94.4 cm³/mol. The van der Waals surface area contributed by atoms with E-state index in [4.69, 9.17) is 16.3 Å². The highest BCUT2D eigenvalue weighted by molar-refractivity contribution is 6.30. The van der Waals surface area contributed by atoms with Crippen LogP contribution in [0.2, 0.25) is 5.02 Å². The third-order valence-corrected chi connectivity index (χ3v) is 3.90. The molecule has 0 aliphatic carbocycles. The molecule has 2 aromatic carbocycles. The quantitative estimate of drug-likeness (QED) is 0.532. The number of pyridine rings is 1. The van der Waals surface area contributed by atoms with Gasteiger partial charge in [-0.2, -0.15) is 5.26 Å². The van der Waals surface area contributed by atoms with Crippen LogP contribution in [0, 0.1) is 27.3 Å². The molecule has 0 radical (unpaired) electrons. The van der Waals surface area contributed by atoms with E-state index in [0.29, 0.717) is 0 Å². The van der Waals surface area contributed by atoms with Gasteiger partial charge in [0.25, 0.3) is 5.69 Å². The average molecular weight is 373 g/mol. The van der Waals surface area contributed by atoms with Crippen LogP contribution in [0.5, 0.6) is 5.75 Å². The molecule has 1 aromatic heterocycles. The van der Waals surface area contributed by atoms with Crippen molar-refractivity contribution in [3.8, 4) is 11.8 Å². The van der Waals surface area contributed by atoms with Crippen molar-refractivity contribution in [2.24, 2.45) is 0 Å². The van der Waals surface area contributed by atoms with Crippen molar-refractivity contribution in [3.05, 3.63) is 63.0 Å². The summed E-state index contributed by atoms with van der Waals surface area (Å²) in [5, 5.41) is 24.0. The summed E-state index contributed by atoms with van der Waals surface area (Å²) in [5.41, 5.74) is 0.0918. The summed E-state index contributed by atoms with van der Waals surface area (Å²) >= 11 is 5.75. The summed E-state index contributed by atoms with van der Waals surface area (Å²) in [4.78, 5) is 14.8. The Labute approximate surface area is 151 Å². The van der Waals surface area contributed by atoms with Crippen LogP contribution in [0.1, 0.15) is 5.56 Å². The number of fused-ring (bicyclic) bond motifs is 1. The van der Waals surface area contributed by atoms with E-state index >= 15 is 0 Å². The van der Waals surface area contributed by atoms with E-state index in [2.05, 4.69) is 10.3 Å². The number of non-ortho nitro benzene ring substituents is 1. The third kappa shape index (κ3) is 3.08. The highest BCUT2D eigenvalue weighted by atomic mass is 35.5. The van der Waals surface area contributed by atoms with E-state index in [1.54, 1.807) is 0 Å². The molecule has 0 saturated heterocycles. The number of methoxy groups -OCH3 is 1. The Morgan fingerprint density at radius 3 is 2.77 bits per heavy atom. The summed E-state index contributed by atoms with van der Waals surface area (Å²) in [6, 6.07) is 8.66. The first kappa shape index (κ1) is 17.4. The zero-order valence-electron chi connectivity index (χ0n) is 13.3. The first-order valence-electron chi connectivity index (χ1n) is 7.22. The van der Waals surface area contributed by atoms with Crippen LogP contribution in [0.15, 0.2) is 36.5 Å². The normalized spacial score (nSPS) is 10.4. The molecular formula is C17H10ClFN4O3. The minimum absolute atomic E-state index is 0.0478. The number of nitro benzene ring substituents is 1. The molecule has 0 aliphatic heterocycles. The molecule has 0 fully saturated rings. The van der Waals surface area contributed by atoms with Gasteiger partial charge in [-0.25, -0.2) is 9.37 Å². The Kier molecular flexibility index (Phi) is 4.56. The molecule has 9 heteroatoms. The summed E-state index contributed by atoms with van der Waals surface area (Å²) in [6.45, 7) is 0. The standard InChI is InChI=1S/C17H10ClFN4O3/c1-26-11-5-12-16(22-14-3-2-10(18)4-13(14)19)9(7-20)8-21-17(12)15(6-11)23(24)25/h2-6,8H,1H3,(H,21,22). The van der Waals surface area contributed by atoms with E-state index in [1.165, 1.54) is 37.6 Å². The van der Waals surface area contributed by atoms with Crippen molar-refractivity contribution < 1.29 is 14.1 Å². The monoisotopic (exact) mass is 372 g/mol. The van der Waals surface area contributed by atoms with Gasteiger partial charge in [0.1, 0.15) is 17.6 Å². The molecule has 26 heavy (non-hydrogen) atoms. The molecule has 0 unspecified atom stereocenters. The number of ether oxygens (including phenoxy) is 1. The summed E-state index contributed by atoms with van der Waals surface area (Å²) < 4.78 is 19.2. The van der Waals surface area contributed by atoms with Gasteiger partial charge in [0.05, 0.1) is 35.0 Å². The molecule has 0 spiro atoms. The second-order valence-corrected chi connectivity index (χ2v) is 5.64. The molecule has 0 saturated carbocycles. The SMILES string of the molecule is COc1cc([N+](=O)[O-])c2ncc(C#N)c(Nc3ccc(Cl)cc3F)c2c1. The fourth-order valence-corrected chi connectivity index (χ4v) is 2.62. The summed E-state index contributed by atoms with van der Waals surface area (Å²) in [6.07, 6.45) is 1.19. The number of hydrogen-bond acceptors (Lipinski definition) is 6. The molecule has 0 aliphatic rings. The Balaban J connectivity index is 2.30. The molecule has 130 valence electrons. The van der Waals surface area contributed by atoms with Gasteiger partial charge >= 0.3 is 0 Å². The van der Waals surface area contributed by atoms with Crippen molar-refractivity contribution in [3.63, 3.8) is 0 Å². The van der Waals surface area contributed by atoms with Crippen molar-refractivity contribution in [1.29, 1.82) is 5.26 Å². The van der Waals surface area contributed by atoms with Gasteiger partial charge < -0.3 is 10.1 Å². The maximum atomic E-state index is 14.1. The van der Waals surface area contributed by atoms with Crippen LogP contribution in [0.3, 0.4) is 0 Å². The zero-order chi connectivity index (χ0) is 18.8. The lowest BCUT2D eigenvalue weighted by molar-refractivity contribution is -0.383. The average Bonchev–Trinajstić information content (AvgIpc) is 2.62.